The van der Waals surface area contributed by atoms with Gasteiger partial charge in [-0.15, -0.1) is 0 Å². The monoisotopic (exact) mass is 279 g/mol. The smallest absolute Gasteiger partial charge is 0.261 e. The standard InChI is InChI=1S/C12H13N3O5/c13-6-7-5-8(16)11(17)10(15(19)20)9(7)12(18)14-3-1-2-4-14/h5,15-17,19H,1-4H2. The highest BCUT2D eigenvalue weighted by molar-refractivity contribution is 6.02. The van der Waals surface area contributed by atoms with E-state index in [-0.39, 0.29) is 11.1 Å². The van der Waals surface area contributed by atoms with Crippen LogP contribution in [0.25, 0.3) is 0 Å². The number of carbonyl (C=O) groups excluding carboxylic acids is 1. The Morgan fingerprint density at radius 2 is 2.00 bits per heavy atom. The number of hydrogen-bond acceptors (Lipinski definition) is 6. The van der Waals surface area contributed by atoms with Crippen molar-refractivity contribution in [3.63, 3.8) is 0 Å². The Labute approximate surface area is 114 Å². The van der Waals surface area contributed by atoms with Crippen molar-refractivity contribution >= 4 is 11.6 Å². The van der Waals surface area contributed by atoms with E-state index in [4.69, 9.17) is 10.5 Å². The number of phenols is 2. The van der Waals surface area contributed by atoms with Crippen LogP contribution in [0.3, 0.4) is 0 Å². The van der Waals surface area contributed by atoms with Gasteiger partial charge in [0.2, 0.25) is 11.4 Å². The van der Waals surface area contributed by atoms with Crippen LogP contribution < -0.4 is 5.23 Å². The van der Waals surface area contributed by atoms with E-state index < -0.39 is 28.3 Å². The van der Waals surface area contributed by atoms with Gasteiger partial charge in [0, 0.05) is 19.2 Å². The molecule has 0 radical (unpaired) electrons. The topological polar surface area (TPSA) is 132 Å². The zero-order valence-corrected chi connectivity index (χ0v) is 10.5. The summed E-state index contributed by atoms with van der Waals surface area (Å²) in [4.78, 5) is 13.8. The minimum atomic E-state index is -1.57. The molecule has 1 atom stereocenters. The number of nitrogens with zero attached hydrogens (tertiary/aromatic N) is 2. The van der Waals surface area contributed by atoms with Gasteiger partial charge in [-0.25, -0.2) is 5.21 Å². The second-order valence-electron chi connectivity index (χ2n) is 4.46. The molecule has 0 bridgehead atoms. The molecular formula is C12H13N3O5. The third-order valence-corrected chi connectivity index (χ3v) is 3.22. The lowest BCUT2D eigenvalue weighted by Crippen LogP contribution is -2.99. The number of aromatic hydroxyl groups is 2. The predicted octanol–water partition coefficient (Wildman–Crippen LogP) is -0.391. The van der Waals surface area contributed by atoms with E-state index in [0.29, 0.717) is 13.1 Å². The van der Waals surface area contributed by atoms with Gasteiger partial charge in [-0.3, -0.25) is 4.79 Å². The lowest BCUT2D eigenvalue weighted by atomic mass is 10.0. The number of rotatable bonds is 2. The lowest BCUT2D eigenvalue weighted by Gasteiger charge is -2.21. The average Bonchev–Trinajstić information content (AvgIpc) is 2.93. The summed E-state index contributed by atoms with van der Waals surface area (Å²) in [5.41, 5.74) is -1.38. The normalized spacial score (nSPS) is 15.9. The van der Waals surface area contributed by atoms with Crippen molar-refractivity contribution in [1.29, 1.82) is 5.26 Å². The quantitative estimate of drug-likeness (QED) is 0.430. The molecule has 20 heavy (non-hydrogen) atoms. The largest absolute Gasteiger partial charge is 0.595 e. The van der Waals surface area contributed by atoms with Gasteiger partial charge >= 0.3 is 0 Å². The molecule has 1 aliphatic heterocycles. The van der Waals surface area contributed by atoms with Gasteiger partial charge in [-0.05, 0) is 12.8 Å². The first-order valence-corrected chi connectivity index (χ1v) is 5.99. The molecule has 1 aliphatic rings. The molecule has 1 fully saturated rings. The zero-order chi connectivity index (χ0) is 14.9. The summed E-state index contributed by atoms with van der Waals surface area (Å²) in [6.07, 6.45) is 1.61. The fourth-order valence-electron chi connectivity index (χ4n) is 2.26. The van der Waals surface area contributed by atoms with E-state index in [9.17, 15) is 20.2 Å². The van der Waals surface area contributed by atoms with Crippen molar-refractivity contribution in [2.75, 3.05) is 13.1 Å². The summed E-state index contributed by atoms with van der Waals surface area (Å²) in [6, 6.07) is 2.58. The minimum absolute atomic E-state index is 0.269. The summed E-state index contributed by atoms with van der Waals surface area (Å²) in [7, 11) is 0. The van der Waals surface area contributed by atoms with Crippen molar-refractivity contribution in [2.24, 2.45) is 0 Å². The molecule has 0 spiro atoms. The van der Waals surface area contributed by atoms with Crippen LogP contribution in [-0.4, -0.2) is 39.3 Å². The number of phenolic OH excluding ortho intramolecular Hbond substituents is 2. The van der Waals surface area contributed by atoms with E-state index in [1.807, 2.05) is 0 Å². The lowest BCUT2D eigenvalue weighted by molar-refractivity contribution is -0.991. The number of nitriles is 1. The van der Waals surface area contributed by atoms with Gasteiger partial charge in [0.1, 0.15) is 11.6 Å². The number of carbonyl (C=O) groups is 1. The second-order valence-corrected chi connectivity index (χ2v) is 4.46. The average molecular weight is 279 g/mol. The molecule has 4 N–H and O–H groups in total. The molecule has 0 aromatic heterocycles. The highest BCUT2D eigenvalue weighted by Crippen LogP contribution is 2.36. The van der Waals surface area contributed by atoms with Crippen LogP contribution in [0.15, 0.2) is 6.07 Å². The molecule has 0 saturated carbocycles. The Kier molecular flexibility index (Phi) is 3.76. The molecule has 106 valence electrons. The fraction of sp³-hybridized carbons (Fsp3) is 0.333. The molecule has 1 saturated heterocycles. The maximum absolute atomic E-state index is 12.3. The number of amides is 1. The molecule has 8 heteroatoms. The Bertz CT molecular complexity index is 588. The van der Waals surface area contributed by atoms with Crippen molar-refractivity contribution in [2.45, 2.75) is 12.8 Å². The van der Waals surface area contributed by atoms with Gasteiger partial charge in [-0.2, -0.15) is 10.5 Å². The maximum atomic E-state index is 12.3. The molecule has 8 nitrogen and oxygen atoms in total. The van der Waals surface area contributed by atoms with Crippen molar-refractivity contribution in [3.8, 4) is 17.6 Å². The number of benzene rings is 1. The summed E-state index contributed by atoms with van der Waals surface area (Å²) < 4.78 is 0. The van der Waals surface area contributed by atoms with E-state index in [1.54, 1.807) is 6.07 Å². The van der Waals surface area contributed by atoms with E-state index in [0.717, 1.165) is 18.9 Å². The highest BCUT2D eigenvalue weighted by atomic mass is 16.8. The van der Waals surface area contributed by atoms with Crippen LogP contribution >= 0.6 is 0 Å². The van der Waals surface area contributed by atoms with Crippen molar-refractivity contribution in [1.82, 2.24) is 4.90 Å². The third-order valence-electron chi connectivity index (χ3n) is 3.22. The molecule has 1 unspecified atom stereocenters. The molecule has 1 heterocycles. The first-order chi connectivity index (χ1) is 9.47. The SMILES string of the molecule is N#Cc1cc(O)c(O)c([NH+]([O-])O)c1C(=O)N1CCCC1. The van der Waals surface area contributed by atoms with Gasteiger partial charge in [0.25, 0.3) is 5.91 Å². The van der Waals surface area contributed by atoms with Crippen LogP contribution in [0.4, 0.5) is 5.69 Å². The van der Waals surface area contributed by atoms with Crippen LogP contribution in [0.2, 0.25) is 0 Å². The summed E-state index contributed by atoms with van der Waals surface area (Å²) in [5.74, 6) is -2.26. The van der Waals surface area contributed by atoms with Crippen LogP contribution in [0.1, 0.15) is 28.8 Å². The van der Waals surface area contributed by atoms with Crippen molar-refractivity contribution < 1.29 is 25.4 Å². The zero-order valence-electron chi connectivity index (χ0n) is 10.5. The molecule has 1 aromatic carbocycles. The highest BCUT2D eigenvalue weighted by Gasteiger charge is 2.31. The Balaban J connectivity index is 2.63. The van der Waals surface area contributed by atoms with Gasteiger partial charge in [-0.1, -0.05) is 0 Å². The number of nitrogens with one attached hydrogen (secondary N) is 1. The summed E-state index contributed by atoms with van der Waals surface area (Å²) >= 11 is 0. The molecular weight excluding hydrogens is 266 g/mol. The van der Waals surface area contributed by atoms with Gasteiger partial charge < -0.3 is 20.3 Å². The fourth-order valence-corrected chi connectivity index (χ4v) is 2.26. The summed E-state index contributed by atoms with van der Waals surface area (Å²) in [6.45, 7) is 0.953. The molecule has 0 aliphatic carbocycles. The Morgan fingerprint density at radius 1 is 1.40 bits per heavy atom. The summed E-state index contributed by atoms with van der Waals surface area (Å²) in [5, 5.41) is 46.9. The molecule has 1 aromatic rings. The van der Waals surface area contributed by atoms with E-state index in [2.05, 4.69) is 0 Å². The number of hydrogen-bond donors (Lipinski definition) is 4. The molecule has 1 amide bonds. The first kappa shape index (κ1) is 14.1. The third kappa shape index (κ3) is 2.25. The van der Waals surface area contributed by atoms with E-state index in [1.165, 1.54) is 4.90 Å². The second kappa shape index (κ2) is 5.34. The van der Waals surface area contributed by atoms with Crippen molar-refractivity contribution in [3.05, 3.63) is 22.4 Å². The van der Waals surface area contributed by atoms with E-state index >= 15 is 0 Å². The number of likely N-dealkylation sites (tertiary alicyclic amines) is 1. The van der Waals surface area contributed by atoms with Crippen LogP contribution in [0, 0.1) is 16.5 Å². The Hall–Kier alpha value is -2.34. The first-order valence-electron chi connectivity index (χ1n) is 5.99. The minimum Gasteiger partial charge on any atom is -0.595 e. The van der Waals surface area contributed by atoms with Gasteiger partial charge in [0.05, 0.1) is 5.56 Å². The molecule has 2 rings (SSSR count). The van der Waals surface area contributed by atoms with Crippen LogP contribution in [0.5, 0.6) is 11.5 Å². The predicted molar refractivity (Wildman–Crippen MR) is 65.4 cm³/mol. The Morgan fingerprint density at radius 3 is 2.50 bits per heavy atom. The van der Waals surface area contributed by atoms with Crippen LogP contribution in [-0.2, 0) is 0 Å². The van der Waals surface area contributed by atoms with Gasteiger partial charge in [0.15, 0.2) is 5.75 Å². The maximum Gasteiger partial charge on any atom is 0.261 e. The number of quaternary nitrogens is 1.